The van der Waals surface area contributed by atoms with Crippen molar-refractivity contribution in [2.24, 2.45) is 5.92 Å². The van der Waals surface area contributed by atoms with Crippen LogP contribution in [0.25, 0.3) is 0 Å². The van der Waals surface area contributed by atoms with Crippen LogP contribution in [0.15, 0.2) is 87.5 Å². The number of ether oxygens (including phenoxy) is 2. The maximum Gasteiger partial charge on any atom is 0.325 e. The van der Waals surface area contributed by atoms with E-state index in [0.717, 1.165) is 4.90 Å². The zero-order valence-electron chi connectivity index (χ0n) is 22.0. The third-order valence-electron chi connectivity index (χ3n) is 6.41. The summed E-state index contributed by atoms with van der Waals surface area (Å²) in [7, 11) is -0.328. The zero-order chi connectivity index (χ0) is 26.1. The molecule has 3 aromatic rings. The van der Waals surface area contributed by atoms with E-state index in [2.05, 4.69) is 90.1 Å². The Morgan fingerprint density at radius 3 is 1.53 bits per heavy atom. The van der Waals surface area contributed by atoms with Gasteiger partial charge in [0.25, 0.3) is 0 Å². The molecular formula is C31H35O4S+. The minimum Gasteiger partial charge on any atom is -0.465 e. The van der Waals surface area contributed by atoms with E-state index in [9.17, 15) is 9.59 Å². The molecule has 0 aromatic heterocycles. The summed E-state index contributed by atoms with van der Waals surface area (Å²) in [5, 5.41) is 0. The second-order valence-electron chi connectivity index (χ2n) is 11.3. The molecule has 1 aliphatic rings. The summed E-state index contributed by atoms with van der Waals surface area (Å²) in [6.45, 7) is 13.6. The highest BCUT2D eigenvalue weighted by molar-refractivity contribution is 7.97. The van der Waals surface area contributed by atoms with Crippen LogP contribution in [0.1, 0.15) is 59.1 Å². The van der Waals surface area contributed by atoms with Gasteiger partial charge in [0.05, 0.1) is 17.5 Å². The van der Waals surface area contributed by atoms with Crippen molar-refractivity contribution < 1.29 is 19.1 Å². The van der Waals surface area contributed by atoms with Crippen molar-refractivity contribution in [2.75, 3.05) is 6.61 Å². The van der Waals surface area contributed by atoms with Crippen LogP contribution in [-0.4, -0.2) is 18.5 Å². The molecule has 1 unspecified atom stereocenters. The first-order valence-electron chi connectivity index (χ1n) is 12.4. The molecule has 0 saturated carbocycles. The smallest absolute Gasteiger partial charge is 0.325 e. The topological polar surface area (TPSA) is 52.6 Å². The van der Waals surface area contributed by atoms with Crippen LogP contribution in [0.2, 0.25) is 0 Å². The summed E-state index contributed by atoms with van der Waals surface area (Å²) in [5.74, 6) is -1.46. The summed E-state index contributed by atoms with van der Waals surface area (Å²) in [6, 6.07) is 25.4. The number of hydrogen-bond acceptors (Lipinski definition) is 4. The minimum absolute atomic E-state index is 0.0861. The lowest BCUT2D eigenvalue weighted by Gasteiger charge is -2.20. The van der Waals surface area contributed by atoms with Crippen LogP contribution >= 0.6 is 0 Å². The number of benzene rings is 3. The molecule has 0 amide bonds. The Kier molecular flexibility index (Phi) is 7.33. The molecule has 0 spiro atoms. The summed E-state index contributed by atoms with van der Waals surface area (Å²) in [6.07, 6.45) is 0.369. The summed E-state index contributed by atoms with van der Waals surface area (Å²) >= 11 is 0. The van der Waals surface area contributed by atoms with Crippen LogP contribution in [-0.2, 0) is 36.1 Å². The Morgan fingerprint density at radius 1 is 0.750 bits per heavy atom. The van der Waals surface area contributed by atoms with Crippen molar-refractivity contribution in [3.05, 3.63) is 83.9 Å². The number of rotatable bonds is 5. The van der Waals surface area contributed by atoms with Gasteiger partial charge in [0, 0.05) is 6.42 Å². The van der Waals surface area contributed by atoms with E-state index in [4.69, 9.17) is 9.47 Å². The third-order valence-corrected chi connectivity index (χ3v) is 8.64. The number of carbonyl (C=O) groups is 2. The van der Waals surface area contributed by atoms with Gasteiger partial charge >= 0.3 is 11.9 Å². The van der Waals surface area contributed by atoms with Gasteiger partial charge in [-0.15, -0.1) is 0 Å². The first-order chi connectivity index (χ1) is 16.9. The SMILES string of the molecule is CC(C)(C)c1ccc([S+](c2ccc(OC(=O)C3CCOC3=O)cc2)c2ccc(C(C)(C)C)cc2)cc1. The molecule has 1 atom stereocenters. The van der Waals surface area contributed by atoms with E-state index in [1.54, 1.807) is 12.1 Å². The fourth-order valence-corrected chi connectivity index (χ4v) is 6.17. The number of cyclic esters (lactones) is 1. The molecule has 3 aromatic carbocycles. The Labute approximate surface area is 217 Å². The average molecular weight is 504 g/mol. The molecule has 36 heavy (non-hydrogen) atoms. The van der Waals surface area contributed by atoms with Crippen molar-refractivity contribution in [3.8, 4) is 5.75 Å². The molecule has 4 rings (SSSR count). The first kappa shape index (κ1) is 26.0. The largest absolute Gasteiger partial charge is 0.465 e. The maximum absolute atomic E-state index is 12.4. The average Bonchev–Trinajstić information content (AvgIpc) is 3.26. The number of carbonyl (C=O) groups excluding carboxylic acids is 2. The molecular weight excluding hydrogens is 468 g/mol. The Bertz CT molecular complexity index is 1160. The standard InChI is InChI=1S/C31H35O4S/c1-30(2,3)21-7-13-24(14-8-21)36(25-15-9-22(10-16-25)31(4,5)6)26-17-11-23(12-18-26)35-29(33)27-19-20-34-28(27)32/h7-18,27H,19-20H2,1-6H3/q+1. The van der Waals surface area contributed by atoms with Crippen LogP contribution in [0.5, 0.6) is 5.75 Å². The van der Waals surface area contributed by atoms with Gasteiger partial charge < -0.3 is 9.47 Å². The van der Waals surface area contributed by atoms with Gasteiger partial charge in [-0.1, -0.05) is 65.8 Å². The molecule has 1 heterocycles. The molecule has 0 N–H and O–H groups in total. The van der Waals surface area contributed by atoms with Crippen LogP contribution in [0.4, 0.5) is 0 Å². The van der Waals surface area contributed by atoms with E-state index < -0.39 is 17.9 Å². The van der Waals surface area contributed by atoms with E-state index in [1.165, 1.54) is 20.9 Å². The second-order valence-corrected chi connectivity index (χ2v) is 13.3. The zero-order valence-corrected chi connectivity index (χ0v) is 22.8. The second kappa shape index (κ2) is 10.1. The van der Waals surface area contributed by atoms with Crippen molar-refractivity contribution in [1.82, 2.24) is 0 Å². The molecule has 0 aliphatic carbocycles. The van der Waals surface area contributed by atoms with E-state index in [-0.39, 0.29) is 28.3 Å². The van der Waals surface area contributed by atoms with Crippen LogP contribution in [0.3, 0.4) is 0 Å². The lowest BCUT2D eigenvalue weighted by atomic mass is 9.87. The molecule has 4 nitrogen and oxygen atoms in total. The Hall–Kier alpha value is -3.05. The van der Waals surface area contributed by atoms with E-state index in [0.29, 0.717) is 12.2 Å². The van der Waals surface area contributed by atoms with Crippen molar-refractivity contribution in [2.45, 2.75) is 73.5 Å². The maximum atomic E-state index is 12.4. The van der Waals surface area contributed by atoms with Crippen molar-refractivity contribution in [3.63, 3.8) is 0 Å². The highest BCUT2D eigenvalue weighted by atomic mass is 32.2. The van der Waals surface area contributed by atoms with Gasteiger partial charge in [0.1, 0.15) is 5.75 Å². The molecule has 188 valence electrons. The lowest BCUT2D eigenvalue weighted by Crippen LogP contribution is -2.24. The predicted octanol–water partition coefficient (Wildman–Crippen LogP) is 6.85. The monoisotopic (exact) mass is 503 g/mol. The first-order valence-corrected chi connectivity index (χ1v) is 13.6. The third kappa shape index (κ3) is 5.84. The fraction of sp³-hybridized carbons (Fsp3) is 0.355. The van der Waals surface area contributed by atoms with Gasteiger partial charge in [-0.05, 0) is 70.5 Å². The molecule has 1 fully saturated rings. The lowest BCUT2D eigenvalue weighted by molar-refractivity contribution is -0.150. The fourth-order valence-electron chi connectivity index (χ4n) is 4.13. The number of hydrogen-bond donors (Lipinski definition) is 0. The summed E-state index contributed by atoms with van der Waals surface area (Å²) in [4.78, 5) is 27.7. The van der Waals surface area contributed by atoms with Gasteiger partial charge in [-0.2, -0.15) is 0 Å². The van der Waals surface area contributed by atoms with Crippen LogP contribution in [0, 0.1) is 5.92 Å². The number of esters is 2. The van der Waals surface area contributed by atoms with E-state index >= 15 is 0 Å². The van der Waals surface area contributed by atoms with Crippen molar-refractivity contribution >= 4 is 22.8 Å². The Balaban J connectivity index is 1.65. The highest BCUT2D eigenvalue weighted by Crippen LogP contribution is 2.35. The van der Waals surface area contributed by atoms with Gasteiger partial charge in [0.15, 0.2) is 20.6 Å². The van der Waals surface area contributed by atoms with Gasteiger partial charge in [0.2, 0.25) is 0 Å². The summed E-state index contributed by atoms with van der Waals surface area (Å²) in [5.41, 5.74) is 2.77. The van der Waals surface area contributed by atoms with Crippen LogP contribution < -0.4 is 4.74 Å². The predicted molar refractivity (Wildman–Crippen MR) is 144 cm³/mol. The van der Waals surface area contributed by atoms with Gasteiger partial charge in [-0.3, -0.25) is 9.59 Å². The quantitative estimate of drug-likeness (QED) is 0.165. The highest BCUT2D eigenvalue weighted by Gasteiger charge is 2.35. The van der Waals surface area contributed by atoms with Crippen molar-refractivity contribution in [1.29, 1.82) is 0 Å². The molecule has 0 radical (unpaired) electrons. The Morgan fingerprint density at radius 2 is 1.17 bits per heavy atom. The molecule has 0 bridgehead atoms. The molecule has 5 heteroatoms. The normalized spacial score (nSPS) is 16.2. The summed E-state index contributed by atoms with van der Waals surface area (Å²) < 4.78 is 10.4. The molecule has 1 aliphatic heterocycles. The molecule has 1 saturated heterocycles. The minimum atomic E-state index is -0.832. The van der Waals surface area contributed by atoms with E-state index in [1.807, 2.05) is 12.1 Å². The van der Waals surface area contributed by atoms with Gasteiger partial charge in [-0.25, -0.2) is 0 Å².